The molecule has 1 rings (SSSR count). The SMILES string of the molecule is Cc1nc(SCC(F)F)sc1CC(=O)O. The van der Waals surface area contributed by atoms with Crippen molar-refractivity contribution in [1.82, 2.24) is 4.98 Å². The van der Waals surface area contributed by atoms with Gasteiger partial charge in [-0.15, -0.1) is 11.3 Å². The second kappa shape index (κ2) is 5.41. The number of aryl methyl sites for hydroxylation is 1. The highest BCUT2D eigenvalue weighted by molar-refractivity contribution is 8.01. The fourth-order valence-electron chi connectivity index (χ4n) is 0.899. The van der Waals surface area contributed by atoms with Gasteiger partial charge in [-0.2, -0.15) is 0 Å². The fourth-order valence-corrected chi connectivity index (χ4v) is 2.89. The molecule has 0 bridgehead atoms. The normalized spacial score (nSPS) is 10.9. The first-order valence-electron chi connectivity index (χ1n) is 4.08. The number of thioether (sulfide) groups is 1. The van der Waals surface area contributed by atoms with Crippen LogP contribution >= 0.6 is 23.1 Å². The number of rotatable bonds is 5. The van der Waals surface area contributed by atoms with Crippen LogP contribution in [0.25, 0.3) is 0 Å². The molecule has 15 heavy (non-hydrogen) atoms. The van der Waals surface area contributed by atoms with Gasteiger partial charge in [0.15, 0.2) is 4.34 Å². The second-order valence-corrected chi connectivity index (χ2v) is 5.11. The number of halogens is 2. The molecular formula is C8H9F2NO2S2. The van der Waals surface area contributed by atoms with E-state index in [9.17, 15) is 13.6 Å². The van der Waals surface area contributed by atoms with E-state index in [0.717, 1.165) is 11.8 Å². The number of thiazole rings is 1. The van der Waals surface area contributed by atoms with Gasteiger partial charge in [0, 0.05) is 4.88 Å². The summed E-state index contributed by atoms with van der Waals surface area (Å²) in [4.78, 5) is 15.1. The first-order chi connectivity index (χ1) is 6.99. The Labute approximate surface area is 93.5 Å². The molecule has 0 aliphatic heterocycles. The quantitative estimate of drug-likeness (QED) is 0.819. The number of carbonyl (C=O) groups is 1. The molecule has 0 atom stereocenters. The van der Waals surface area contributed by atoms with Crippen LogP contribution in [0.15, 0.2) is 4.34 Å². The zero-order valence-corrected chi connectivity index (χ0v) is 9.50. The lowest BCUT2D eigenvalue weighted by Gasteiger charge is -1.93. The summed E-state index contributed by atoms with van der Waals surface area (Å²) < 4.78 is 24.3. The van der Waals surface area contributed by atoms with Gasteiger partial charge in [0.2, 0.25) is 6.43 Å². The summed E-state index contributed by atoms with van der Waals surface area (Å²) in [6, 6.07) is 0. The molecule has 1 aromatic rings. The van der Waals surface area contributed by atoms with Crippen LogP contribution in [0.5, 0.6) is 0 Å². The largest absolute Gasteiger partial charge is 0.481 e. The fraction of sp³-hybridized carbons (Fsp3) is 0.500. The Morgan fingerprint density at radius 1 is 1.67 bits per heavy atom. The third-order valence-electron chi connectivity index (χ3n) is 1.52. The lowest BCUT2D eigenvalue weighted by atomic mass is 10.3. The summed E-state index contributed by atoms with van der Waals surface area (Å²) in [5.41, 5.74) is 0.610. The molecule has 1 heterocycles. The Bertz CT molecular complexity index is 354. The van der Waals surface area contributed by atoms with Crippen molar-refractivity contribution in [3.63, 3.8) is 0 Å². The number of nitrogens with zero attached hydrogens (tertiary/aromatic N) is 1. The lowest BCUT2D eigenvalue weighted by molar-refractivity contribution is -0.136. The van der Waals surface area contributed by atoms with Crippen LogP contribution < -0.4 is 0 Å². The minimum absolute atomic E-state index is 0.0985. The highest BCUT2D eigenvalue weighted by Gasteiger charge is 2.12. The maximum atomic E-state index is 11.9. The molecule has 0 radical (unpaired) electrons. The molecule has 0 aliphatic carbocycles. The highest BCUT2D eigenvalue weighted by atomic mass is 32.2. The topological polar surface area (TPSA) is 50.2 Å². The monoisotopic (exact) mass is 253 g/mol. The maximum Gasteiger partial charge on any atom is 0.308 e. The standard InChI is InChI=1S/C8H9F2NO2S2/c1-4-5(2-7(12)13)15-8(11-4)14-3-6(9)10/h6H,2-3H2,1H3,(H,12,13). The molecule has 0 amide bonds. The summed E-state index contributed by atoms with van der Waals surface area (Å²) in [5.74, 6) is -1.24. The minimum atomic E-state index is -2.37. The maximum absolute atomic E-state index is 11.9. The van der Waals surface area contributed by atoms with Crippen molar-refractivity contribution in [1.29, 1.82) is 0 Å². The molecule has 84 valence electrons. The molecule has 0 saturated carbocycles. The van der Waals surface area contributed by atoms with E-state index in [-0.39, 0.29) is 12.2 Å². The van der Waals surface area contributed by atoms with Gasteiger partial charge in [-0.25, -0.2) is 13.8 Å². The van der Waals surface area contributed by atoms with E-state index in [0.29, 0.717) is 14.9 Å². The van der Waals surface area contributed by atoms with Crippen LogP contribution in [0.2, 0.25) is 0 Å². The van der Waals surface area contributed by atoms with Crippen molar-refractivity contribution in [3.8, 4) is 0 Å². The predicted octanol–water partition coefficient (Wildman–Crippen LogP) is 2.44. The zero-order valence-electron chi connectivity index (χ0n) is 7.87. The molecule has 0 fully saturated rings. The molecule has 3 nitrogen and oxygen atoms in total. The second-order valence-electron chi connectivity index (χ2n) is 2.76. The smallest absolute Gasteiger partial charge is 0.308 e. The van der Waals surface area contributed by atoms with E-state index in [2.05, 4.69) is 4.98 Å². The Morgan fingerprint density at radius 3 is 2.87 bits per heavy atom. The number of hydrogen-bond donors (Lipinski definition) is 1. The zero-order chi connectivity index (χ0) is 11.4. The Morgan fingerprint density at radius 2 is 2.33 bits per heavy atom. The first-order valence-corrected chi connectivity index (χ1v) is 5.88. The Kier molecular flexibility index (Phi) is 4.46. The van der Waals surface area contributed by atoms with Crippen molar-refractivity contribution in [2.45, 2.75) is 24.1 Å². The van der Waals surface area contributed by atoms with E-state index in [4.69, 9.17) is 5.11 Å². The van der Waals surface area contributed by atoms with Gasteiger partial charge in [0.05, 0.1) is 17.9 Å². The number of aromatic nitrogens is 1. The Balaban J connectivity index is 2.64. The molecule has 0 aliphatic rings. The van der Waals surface area contributed by atoms with Crippen molar-refractivity contribution < 1.29 is 18.7 Å². The summed E-state index contributed by atoms with van der Waals surface area (Å²) in [7, 11) is 0. The van der Waals surface area contributed by atoms with Crippen molar-refractivity contribution in [2.75, 3.05) is 5.75 Å². The number of carboxylic acids is 1. The van der Waals surface area contributed by atoms with Crippen LogP contribution in [0.3, 0.4) is 0 Å². The molecule has 7 heteroatoms. The molecule has 0 saturated heterocycles. The highest BCUT2D eigenvalue weighted by Crippen LogP contribution is 2.28. The van der Waals surface area contributed by atoms with Gasteiger partial charge in [-0.05, 0) is 6.92 Å². The van der Waals surface area contributed by atoms with Gasteiger partial charge in [-0.3, -0.25) is 4.79 Å². The number of alkyl halides is 2. The molecule has 0 aromatic carbocycles. The minimum Gasteiger partial charge on any atom is -0.481 e. The summed E-state index contributed by atoms with van der Waals surface area (Å²) in [6.45, 7) is 1.68. The lowest BCUT2D eigenvalue weighted by Crippen LogP contribution is -1.99. The molecule has 1 N–H and O–H groups in total. The van der Waals surface area contributed by atoms with Crippen molar-refractivity contribution in [2.24, 2.45) is 0 Å². The van der Waals surface area contributed by atoms with Gasteiger partial charge in [0.1, 0.15) is 0 Å². The molecule has 0 spiro atoms. The van der Waals surface area contributed by atoms with E-state index >= 15 is 0 Å². The van der Waals surface area contributed by atoms with E-state index in [1.165, 1.54) is 11.3 Å². The van der Waals surface area contributed by atoms with Crippen LogP contribution in [0, 0.1) is 6.92 Å². The van der Waals surface area contributed by atoms with Crippen LogP contribution in [0.4, 0.5) is 8.78 Å². The summed E-state index contributed by atoms with van der Waals surface area (Å²) >= 11 is 2.12. The third-order valence-corrected chi connectivity index (χ3v) is 3.83. The average Bonchev–Trinajstić information content (AvgIpc) is 2.43. The van der Waals surface area contributed by atoms with E-state index in [1.54, 1.807) is 6.92 Å². The van der Waals surface area contributed by atoms with Gasteiger partial charge >= 0.3 is 5.97 Å². The number of hydrogen-bond acceptors (Lipinski definition) is 4. The van der Waals surface area contributed by atoms with E-state index < -0.39 is 12.4 Å². The number of aliphatic carboxylic acids is 1. The first kappa shape index (κ1) is 12.4. The van der Waals surface area contributed by atoms with Gasteiger partial charge < -0.3 is 5.11 Å². The van der Waals surface area contributed by atoms with E-state index in [1.807, 2.05) is 0 Å². The summed E-state index contributed by atoms with van der Waals surface area (Å²) in [6.07, 6.45) is -2.47. The van der Waals surface area contributed by atoms with Gasteiger partial charge in [-0.1, -0.05) is 11.8 Å². The van der Waals surface area contributed by atoms with Crippen LogP contribution in [-0.4, -0.2) is 28.2 Å². The number of carboxylic acid groups (broad SMARTS) is 1. The summed E-state index contributed by atoms with van der Waals surface area (Å²) in [5, 5.41) is 8.57. The molecular weight excluding hydrogens is 244 g/mol. The van der Waals surface area contributed by atoms with Crippen molar-refractivity contribution in [3.05, 3.63) is 10.6 Å². The van der Waals surface area contributed by atoms with Gasteiger partial charge in [0.25, 0.3) is 0 Å². The van der Waals surface area contributed by atoms with Crippen LogP contribution in [0.1, 0.15) is 10.6 Å². The average molecular weight is 253 g/mol. The van der Waals surface area contributed by atoms with Crippen molar-refractivity contribution >= 4 is 29.1 Å². The predicted molar refractivity (Wildman–Crippen MR) is 54.9 cm³/mol. The Hall–Kier alpha value is -0.690. The van der Waals surface area contributed by atoms with Crippen LogP contribution in [-0.2, 0) is 11.2 Å². The third kappa shape index (κ3) is 4.13. The molecule has 0 unspecified atom stereocenters. The molecule has 1 aromatic heterocycles.